The van der Waals surface area contributed by atoms with E-state index in [1.165, 1.54) is 0 Å². The molecule has 7 heteroatoms. The van der Waals surface area contributed by atoms with Gasteiger partial charge < -0.3 is 10.2 Å². The van der Waals surface area contributed by atoms with Crippen LogP contribution in [-0.4, -0.2) is 19.3 Å². The number of imidazole rings is 2. The first kappa shape index (κ1) is 19.9. The third-order valence-corrected chi connectivity index (χ3v) is 4.03. The van der Waals surface area contributed by atoms with Crippen molar-refractivity contribution in [3.05, 3.63) is 73.3 Å². The summed E-state index contributed by atoms with van der Waals surface area (Å²) >= 11 is 0. The van der Waals surface area contributed by atoms with E-state index < -0.39 is 0 Å². The molecule has 6 nitrogen and oxygen atoms in total. The molecule has 0 saturated carbocycles. The van der Waals surface area contributed by atoms with Crippen molar-refractivity contribution in [2.45, 2.75) is 0 Å². The average Bonchev–Trinajstić information content (AvgIpc) is 3.25. The molecule has 0 aliphatic heterocycles. The summed E-state index contributed by atoms with van der Waals surface area (Å²) in [4.78, 5) is 6.05. The number of para-hydroxylation sites is 2. The van der Waals surface area contributed by atoms with Crippen LogP contribution in [0, 0.1) is 0 Å². The second kappa shape index (κ2) is 8.83. The third-order valence-electron chi connectivity index (χ3n) is 4.03. The van der Waals surface area contributed by atoms with E-state index in [4.69, 9.17) is 0 Å². The van der Waals surface area contributed by atoms with E-state index in [-0.39, 0.29) is 21.6 Å². The van der Waals surface area contributed by atoms with Crippen molar-refractivity contribution in [3.63, 3.8) is 0 Å². The van der Waals surface area contributed by atoms with E-state index in [0.717, 1.165) is 11.6 Å². The number of aromatic amines is 2. The van der Waals surface area contributed by atoms with Crippen molar-refractivity contribution in [1.82, 2.24) is 9.13 Å². The van der Waals surface area contributed by atoms with Crippen molar-refractivity contribution in [2.75, 3.05) is 0 Å². The summed E-state index contributed by atoms with van der Waals surface area (Å²) < 4.78 is 3.77. The minimum Gasteiger partial charge on any atom is -0.872 e. The standard InChI is InChI=1S/2C10H10N2O.Be/c2*1-12-7-6-11-10(12)8-4-2-3-5-9(8)13;/h2*2-7,13H,1H3;/q;;+2. The fraction of sp³-hybridized carbons (Fsp3) is 0.100. The van der Waals surface area contributed by atoms with Crippen LogP contribution in [0.3, 0.4) is 0 Å². The van der Waals surface area contributed by atoms with Crippen LogP contribution >= 0.6 is 0 Å². The molecule has 0 amide bonds. The maximum atomic E-state index is 11.4. The van der Waals surface area contributed by atoms with Gasteiger partial charge in [-0.25, -0.2) is 19.1 Å². The molecule has 0 unspecified atom stereocenters. The Kier molecular flexibility index (Phi) is 6.52. The molecule has 0 atom stereocenters. The zero-order valence-electron chi connectivity index (χ0n) is 15.3. The zero-order chi connectivity index (χ0) is 18.5. The maximum Gasteiger partial charge on any atom is 2.00 e. The third kappa shape index (κ3) is 4.43. The average molecular weight is 357 g/mol. The topological polar surface area (TPSA) is 84.3 Å². The molecular formula is C20H20BeN4O2+2. The molecule has 4 aromatic rings. The molecule has 0 fully saturated rings. The summed E-state index contributed by atoms with van der Waals surface area (Å²) in [6, 6.07) is 14.0. The van der Waals surface area contributed by atoms with E-state index in [1.54, 1.807) is 24.3 Å². The Morgan fingerprint density at radius 1 is 0.667 bits per heavy atom. The van der Waals surface area contributed by atoms with Gasteiger partial charge in [-0.15, -0.1) is 0 Å². The Morgan fingerprint density at radius 2 is 1.04 bits per heavy atom. The Hall–Kier alpha value is -3.37. The number of benzene rings is 2. The van der Waals surface area contributed by atoms with Gasteiger partial charge in [0.05, 0.1) is 25.2 Å². The summed E-state index contributed by atoms with van der Waals surface area (Å²) in [5, 5.41) is 22.9. The van der Waals surface area contributed by atoms with Gasteiger partial charge in [-0.2, -0.15) is 0 Å². The number of hydrogen-bond donors (Lipinski definition) is 0. The molecule has 132 valence electrons. The molecule has 0 aliphatic rings. The summed E-state index contributed by atoms with van der Waals surface area (Å²) in [5.41, 5.74) is 1.41. The number of aryl methyl sites for hydroxylation is 2. The molecule has 27 heavy (non-hydrogen) atoms. The molecule has 4 rings (SSSR count). The number of H-pyrrole nitrogens is 2. The van der Waals surface area contributed by atoms with Crippen LogP contribution in [0.1, 0.15) is 0 Å². The van der Waals surface area contributed by atoms with Crippen molar-refractivity contribution in [3.8, 4) is 34.3 Å². The molecule has 2 N–H and O–H groups in total. The molecule has 2 aromatic heterocycles. The second-order valence-electron chi connectivity index (χ2n) is 5.83. The Labute approximate surface area is 161 Å². The van der Waals surface area contributed by atoms with Gasteiger partial charge in [-0.1, -0.05) is 47.9 Å². The quantitative estimate of drug-likeness (QED) is 0.497. The molecule has 0 aliphatic carbocycles. The molecule has 0 saturated heterocycles. The van der Waals surface area contributed by atoms with Crippen LogP contribution in [-0.2, 0) is 14.1 Å². The van der Waals surface area contributed by atoms with Crippen LogP contribution in [0.2, 0.25) is 0 Å². The van der Waals surface area contributed by atoms with Crippen LogP contribution < -0.4 is 20.2 Å². The minimum atomic E-state index is 0. The van der Waals surface area contributed by atoms with E-state index in [2.05, 4.69) is 9.97 Å². The van der Waals surface area contributed by atoms with Crippen molar-refractivity contribution < 1.29 is 20.2 Å². The summed E-state index contributed by atoms with van der Waals surface area (Å²) in [6.45, 7) is 0. The van der Waals surface area contributed by atoms with Gasteiger partial charge in [0.2, 0.25) is 0 Å². The van der Waals surface area contributed by atoms with Crippen LogP contribution in [0.15, 0.2) is 73.3 Å². The van der Waals surface area contributed by atoms with Crippen LogP contribution in [0.5, 0.6) is 11.5 Å². The molecular weight excluding hydrogens is 337 g/mol. The van der Waals surface area contributed by atoms with Gasteiger partial charge in [0.25, 0.3) is 11.6 Å². The number of hydrogen-bond acceptors (Lipinski definition) is 2. The van der Waals surface area contributed by atoms with Gasteiger partial charge in [-0.3, -0.25) is 0 Å². The van der Waals surface area contributed by atoms with Gasteiger partial charge in [-0.05, 0) is 12.1 Å². The van der Waals surface area contributed by atoms with E-state index in [0.29, 0.717) is 11.1 Å². The van der Waals surface area contributed by atoms with Crippen molar-refractivity contribution in [2.24, 2.45) is 14.1 Å². The number of aromatic nitrogens is 4. The summed E-state index contributed by atoms with van der Waals surface area (Å²) in [6.07, 6.45) is 7.37. The fourth-order valence-electron chi connectivity index (χ4n) is 2.67. The number of nitrogens with one attached hydrogen (secondary N) is 2. The van der Waals surface area contributed by atoms with Crippen LogP contribution in [0.4, 0.5) is 0 Å². The van der Waals surface area contributed by atoms with Gasteiger partial charge in [0.15, 0.2) is 0 Å². The van der Waals surface area contributed by atoms with Gasteiger partial charge in [0, 0.05) is 0 Å². The first-order valence-electron chi connectivity index (χ1n) is 8.17. The van der Waals surface area contributed by atoms with Gasteiger partial charge in [0.1, 0.15) is 24.8 Å². The van der Waals surface area contributed by atoms with Crippen molar-refractivity contribution in [1.29, 1.82) is 0 Å². The number of rotatable bonds is 2. The van der Waals surface area contributed by atoms with E-state index in [1.807, 2.05) is 72.3 Å². The monoisotopic (exact) mass is 357 g/mol. The van der Waals surface area contributed by atoms with E-state index >= 15 is 0 Å². The minimum absolute atomic E-state index is 0. The zero-order valence-corrected chi connectivity index (χ0v) is 15.3. The molecule has 2 heterocycles. The predicted octanol–water partition coefficient (Wildman–Crippen LogP) is 0.779. The van der Waals surface area contributed by atoms with E-state index in [9.17, 15) is 10.2 Å². The molecule has 0 radical (unpaired) electrons. The first-order valence-corrected chi connectivity index (χ1v) is 8.17. The largest absolute Gasteiger partial charge is 2.00 e. The van der Waals surface area contributed by atoms with Gasteiger partial charge >= 0.3 is 10.1 Å². The molecule has 0 bridgehead atoms. The fourth-order valence-corrected chi connectivity index (χ4v) is 2.67. The Balaban J connectivity index is 0.000000187. The summed E-state index contributed by atoms with van der Waals surface area (Å²) in [7, 11) is 3.80. The normalized spacial score (nSPS) is 9.85. The Bertz CT molecular complexity index is 929. The number of nitrogens with zero attached hydrogens (tertiary/aromatic N) is 2. The van der Waals surface area contributed by atoms with Crippen LogP contribution in [0.25, 0.3) is 22.8 Å². The smallest absolute Gasteiger partial charge is 0.872 e. The molecule has 2 aromatic carbocycles. The SMILES string of the molecule is Cn1cc[nH+]c1-c1ccccc1[O-].Cn1cc[nH+]c1-c1ccccc1[O-].[Be+2]. The first-order chi connectivity index (χ1) is 12.6. The second-order valence-corrected chi connectivity index (χ2v) is 5.83. The Morgan fingerprint density at radius 3 is 1.33 bits per heavy atom. The predicted molar refractivity (Wildman–Crippen MR) is 99.5 cm³/mol. The molecule has 0 spiro atoms. The maximum absolute atomic E-state index is 11.4. The van der Waals surface area contributed by atoms with Crippen molar-refractivity contribution >= 4 is 10.1 Å². The summed E-state index contributed by atoms with van der Waals surface area (Å²) in [5.74, 6) is 1.76.